The molecule has 0 bridgehead atoms. The summed E-state index contributed by atoms with van der Waals surface area (Å²) in [7, 11) is 0. The van der Waals surface area contributed by atoms with E-state index in [4.69, 9.17) is 4.74 Å². The van der Waals surface area contributed by atoms with Gasteiger partial charge in [0.05, 0.1) is 5.88 Å². The minimum absolute atomic E-state index is 0.0818. The van der Waals surface area contributed by atoms with Gasteiger partial charge >= 0.3 is 6.09 Å². The fraction of sp³-hybridized carbons (Fsp3) is 0.692. The highest BCUT2D eigenvalue weighted by Gasteiger charge is 2.45. The van der Waals surface area contributed by atoms with E-state index >= 15 is 0 Å². The van der Waals surface area contributed by atoms with E-state index < -0.39 is 11.6 Å². The number of likely N-dealkylation sites (tertiary alicyclic amines) is 2. The van der Waals surface area contributed by atoms with Gasteiger partial charge in [-0.25, -0.2) is 4.79 Å². The SMILES string of the molecule is Cc1ccc(C2CCN([C@H]3C[C@@H](C(=O)N4CCSC4)N(C(=O)OC(C)(C)C)C3)CC2)cc1C. The third-order valence-corrected chi connectivity index (χ3v) is 8.27. The fourth-order valence-electron chi connectivity index (χ4n) is 5.25. The van der Waals surface area contributed by atoms with Crippen molar-refractivity contribution in [2.24, 2.45) is 0 Å². The van der Waals surface area contributed by atoms with Gasteiger partial charge < -0.3 is 9.64 Å². The van der Waals surface area contributed by atoms with Crippen molar-refractivity contribution in [3.05, 3.63) is 34.9 Å². The Hall–Kier alpha value is -1.73. The second-order valence-corrected chi connectivity index (χ2v) is 11.9. The van der Waals surface area contributed by atoms with E-state index in [0.717, 1.165) is 44.1 Å². The van der Waals surface area contributed by atoms with Gasteiger partial charge in [-0.05, 0) is 89.6 Å². The van der Waals surface area contributed by atoms with Crippen LogP contribution in [-0.4, -0.2) is 82.2 Å². The predicted molar refractivity (Wildman–Crippen MR) is 134 cm³/mol. The van der Waals surface area contributed by atoms with E-state index in [9.17, 15) is 9.59 Å². The van der Waals surface area contributed by atoms with Crippen molar-refractivity contribution >= 4 is 23.8 Å². The molecule has 1 aromatic rings. The molecule has 182 valence electrons. The van der Waals surface area contributed by atoms with Crippen LogP contribution in [0.4, 0.5) is 4.79 Å². The van der Waals surface area contributed by atoms with Crippen LogP contribution in [0.15, 0.2) is 18.2 Å². The molecule has 33 heavy (non-hydrogen) atoms. The fourth-order valence-corrected chi connectivity index (χ4v) is 6.21. The van der Waals surface area contributed by atoms with E-state index in [-0.39, 0.29) is 18.0 Å². The minimum Gasteiger partial charge on any atom is -0.444 e. The zero-order valence-electron chi connectivity index (χ0n) is 20.8. The average Bonchev–Trinajstić information content (AvgIpc) is 3.45. The Morgan fingerprint density at radius 2 is 1.79 bits per heavy atom. The molecule has 0 unspecified atom stereocenters. The number of carbonyl (C=O) groups is 2. The number of ether oxygens (including phenoxy) is 1. The number of thioether (sulfide) groups is 1. The lowest BCUT2D eigenvalue weighted by atomic mass is 9.87. The third-order valence-electron chi connectivity index (χ3n) is 7.30. The number of benzene rings is 1. The van der Waals surface area contributed by atoms with Gasteiger partial charge in [-0.3, -0.25) is 14.6 Å². The number of carbonyl (C=O) groups excluding carboxylic acids is 2. The highest BCUT2D eigenvalue weighted by molar-refractivity contribution is 7.99. The molecule has 1 aromatic carbocycles. The molecular formula is C26H39N3O3S. The summed E-state index contributed by atoms with van der Waals surface area (Å²) in [5.41, 5.74) is 3.58. The molecular weight excluding hydrogens is 434 g/mol. The maximum atomic E-state index is 13.3. The van der Waals surface area contributed by atoms with Gasteiger partial charge in [0, 0.05) is 24.9 Å². The van der Waals surface area contributed by atoms with Crippen LogP contribution in [0.1, 0.15) is 62.6 Å². The van der Waals surface area contributed by atoms with E-state index in [2.05, 4.69) is 36.9 Å². The monoisotopic (exact) mass is 473 g/mol. The van der Waals surface area contributed by atoms with Gasteiger partial charge in [-0.1, -0.05) is 18.2 Å². The first-order valence-corrected chi connectivity index (χ1v) is 13.4. The van der Waals surface area contributed by atoms with Gasteiger partial charge in [0.25, 0.3) is 0 Å². The minimum atomic E-state index is -0.573. The summed E-state index contributed by atoms with van der Waals surface area (Å²) in [6.45, 7) is 13.3. The Morgan fingerprint density at radius 3 is 2.39 bits per heavy atom. The maximum Gasteiger partial charge on any atom is 0.411 e. The summed E-state index contributed by atoms with van der Waals surface area (Å²) < 4.78 is 5.69. The standard InChI is InChI=1S/C26H39N3O3S/c1-18-6-7-21(14-19(18)2)20-8-10-27(11-9-20)22-15-23(24(30)28-12-13-33-17-28)29(16-22)25(31)32-26(3,4)5/h6-7,14,20,22-23H,8-13,15-17H2,1-5H3/t22-,23-/m0/s1. The first-order valence-electron chi connectivity index (χ1n) is 12.3. The van der Waals surface area contributed by atoms with Crippen LogP contribution in [-0.2, 0) is 9.53 Å². The molecule has 3 saturated heterocycles. The first kappa shape index (κ1) is 24.4. The van der Waals surface area contributed by atoms with Crippen LogP contribution >= 0.6 is 11.8 Å². The molecule has 0 saturated carbocycles. The summed E-state index contributed by atoms with van der Waals surface area (Å²) in [5, 5.41) is 0. The van der Waals surface area contributed by atoms with E-state index in [1.54, 1.807) is 16.7 Å². The predicted octanol–water partition coefficient (Wildman–Crippen LogP) is 4.39. The van der Waals surface area contributed by atoms with Crippen LogP contribution in [0.3, 0.4) is 0 Å². The summed E-state index contributed by atoms with van der Waals surface area (Å²) in [4.78, 5) is 32.4. The lowest BCUT2D eigenvalue weighted by Crippen LogP contribution is -2.48. The Kier molecular flexibility index (Phi) is 7.29. The van der Waals surface area contributed by atoms with Crippen molar-refractivity contribution in [1.29, 1.82) is 0 Å². The molecule has 7 heteroatoms. The second kappa shape index (κ2) is 9.87. The number of nitrogens with zero attached hydrogens (tertiary/aromatic N) is 3. The molecule has 4 rings (SSSR count). The molecule has 0 spiro atoms. The van der Waals surface area contributed by atoms with Crippen molar-refractivity contribution < 1.29 is 14.3 Å². The maximum absolute atomic E-state index is 13.3. The lowest BCUT2D eigenvalue weighted by Gasteiger charge is -2.36. The van der Waals surface area contributed by atoms with Gasteiger partial charge in [0.1, 0.15) is 11.6 Å². The lowest BCUT2D eigenvalue weighted by molar-refractivity contribution is -0.134. The number of hydrogen-bond acceptors (Lipinski definition) is 5. The van der Waals surface area contributed by atoms with Gasteiger partial charge in [0.15, 0.2) is 0 Å². The van der Waals surface area contributed by atoms with Crippen molar-refractivity contribution in [2.45, 2.75) is 77.5 Å². The summed E-state index contributed by atoms with van der Waals surface area (Å²) >= 11 is 1.78. The largest absolute Gasteiger partial charge is 0.444 e. The second-order valence-electron chi connectivity index (χ2n) is 10.8. The van der Waals surface area contributed by atoms with Crippen molar-refractivity contribution in [3.63, 3.8) is 0 Å². The molecule has 0 N–H and O–H groups in total. The van der Waals surface area contributed by atoms with Crippen molar-refractivity contribution in [2.75, 3.05) is 37.8 Å². The van der Waals surface area contributed by atoms with E-state index in [0.29, 0.717) is 18.9 Å². The number of piperidine rings is 1. The topological polar surface area (TPSA) is 53.1 Å². The Bertz CT molecular complexity index is 870. The van der Waals surface area contributed by atoms with Gasteiger partial charge in [-0.15, -0.1) is 11.8 Å². The highest BCUT2D eigenvalue weighted by atomic mass is 32.2. The van der Waals surface area contributed by atoms with E-state index in [1.807, 2.05) is 25.7 Å². The molecule has 0 radical (unpaired) electrons. The van der Waals surface area contributed by atoms with Crippen LogP contribution < -0.4 is 0 Å². The quantitative estimate of drug-likeness (QED) is 0.652. The molecule has 3 aliphatic heterocycles. The molecule has 3 heterocycles. The number of aryl methyl sites for hydroxylation is 2. The summed E-state index contributed by atoms with van der Waals surface area (Å²) in [6, 6.07) is 6.66. The first-order chi connectivity index (χ1) is 15.6. The highest BCUT2D eigenvalue weighted by Crippen LogP contribution is 2.34. The van der Waals surface area contributed by atoms with Crippen molar-refractivity contribution in [1.82, 2.24) is 14.7 Å². The molecule has 3 aliphatic rings. The van der Waals surface area contributed by atoms with Crippen molar-refractivity contribution in [3.8, 4) is 0 Å². The zero-order valence-corrected chi connectivity index (χ0v) is 21.6. The molecule has 6 nitrogen and oxygen atoms in total. The number of rotatable bonds is 3. The molecule has 3 fully saturated rings. The zero-order chi connectivity index (χ0) is 23.8. The molecule has 0 aromatic heterocycles. The number of hydrogen-bond donors (Lipinski definition) is 0. The van der Waals surface area contributed by atoms with Crippen LogP contribution in [0.5, 0.6) is 0 Å². The Morgan fingerprint density at radius 1 is 1.06 bits per heavy atom. The Labute approximate surface area is 203 Å². The number of amides is 2. The third kappa shape index (κ3) is 5.68. The summed E-state index contributed by atoms with van der Waals surface area (Å²) in [6.07, 6.45) is 2.58. The van der Waals surface area contributed by atoms with Gasteiger partial charge in [0.2, 0.25) is 5.91 Å². The van der Waals surface area contributed by atoms with Crippen LogP contribution in [0, 0.1) is 13.8 Å². The Balaban J connectivity index is 1.42. The molecule has 2 amide bonds. The van der Waals surface area contributed by atoms with Crippen LogP contribution in [0.2, 0.25) is 0 Å². The molecule has 2 atom stereocenters. The van der Waals surface area contributed by atoms with Crippen LogP contribution in [0.25, 0.3) is 0 Å². The smallest absolute Gasteiger partial charge is 0.411 e. The average molecular weight is 474 g/mol. The summed E-state index contributed by atoms with van der Waals surface area (Å²) in [5.74, 6) is 2.37. The molecule has 0 aliphatic carbocycles. The normalized spacial score (nSPS) is 25.0. The van der Waals surface area contributed by atoms with E-state index in [1.165, 1.54) is 16.7 Å². The van der Waals surface area contributed by atoms with Gasteiger partial charge in [-0.2, -0.15) is 0 Å².